The van der Waals surface area contributed by atoms with Gasteiger partial charge in [0.1, 0.15) is 6.42 Å². The zero-order chi connectivity index (χ0) is 13.3. The summed E-state index contributed by atoms with van der Waals surface area (Å²) in [5.41, 5.74) is 0. The topological polar surface area (TPSA) is 95.9 Å². The van der Waals surface area contributed by atoms with E-state index < -0.39 is 18.3 Å². The normalized spacial score (nSPS) is 9.76. The van der Waals surface area contributed by atoms with Gasteiger partial charge in [0.2, 0.25) is 11.8 Å². The van der Waals surface area contributed by atoms with Gasteiger partial charge in [0.05, 0.1) is 6.54 Å². The number of carbonyl (C=O) groups excluding carboxylic acids is 2. The minimum atomic E-state index is -1.21. The van der Waals surface area contributed by atoms with Crippen molar-refractivity contribution < 1.29 is 24.2 Å². The number of likely N-dealkylation sites (N-methyl/N-ethyl adjacent to an activating group) is 1. The summed E-state index contributed by atoms with van der Waals surface area (Å²) in [6, 6.07) is 0. The fraction of sp³-hybridized carbons (Fsp3) is 0.700. The Morgan fingerprint density at radius 2 is 2.00 bits per heavy atom. The number of carboxylic acids is 1. The number of rotatable bonds is 8. The van der Waals surface area contributed by atoms with Crippen LogP contribution in [0.4, 0.5) is 0 Å². The number of methoxy groups -OCH3 is 1. The Bertz CT molecular complexity index is 280. The molecule has 2 N–H and O–H groups in total. The van der Waals surface area contributed by atoms with Crippen molar-refractivity contribution in [2.45, 2.75) is 12.8 Å². The minimum absolute atomic E-state index is 0.140. The Morgan fingerprint density at radius 3 is 2.53 bits per heavy atom. The number of carbonyl (C=O) groups is 3. The first-order chi connectivity index (χ1) is 7.97. The summed E-state index contributed by atoms with van der Waals surface area (Å²) < 4.78 is 4.81. The molecule has 0 fully saturated rings. The molecular weight excluding hydrogens is 228 g/mol. The fourth-order valence-corrected chi connectivity index (χ4v) is 1.07. The number of hydrogen-bond acceptors (Lipinski definition) is 4. The maximum Gasteiger partial charge on any atom is 0.312 e. The fourth-order valence-electron chi connectivity index (χ4n) is 1.07. The molecule has 0 bridgehead atoms. The Hall–Kier alpha value is -1.63. The van der Waals surface area contributed by atoms with Crippen LogP contribution in [0.15, 0.2) is 0 Å². The monoisotopic (exact) mass is 246 g/mol. The Kier molecular flexibility index (Phi) is 7.70. The third-order valence-electron chi connectivity index (χ3n) is 1.96. The number of carboxylic acid groups (broad SMARTS) is 1. The van der Waals surface area contributed by atoms with E-state index in [2.05, 4.69) is 5.32 Å². The van der Waals surface area contributed by atoms with Gasteiger partial charge in [0.25, 0.3) is 0 Å². The first-order valence-electron chi connectivity index (χ1n) is 5.18. The smallest absolute Gasteiger partial charge is 0.312 e. The molecule has 7 nitrogen and oxygen atoms in total. The Labute approximate surface area is 99.7 Å². The lowest BCUT2D eigenvalue weighted by atomic mass is 10.3. The van der Waals surface area contributed by atoms with Gasteiger partial charge < -0.3 is 20.1 Å². The highest BCUT2D eigenvalue weighted by molar-refractivity contribution is 5.95. The molecule has 0 unspecified atom stereocenters. The highest BCUT2D eigenvalue weighted by Gasteiger charge is 2.15. The molecular formula is C10H18N2O5. The van der Waals surface area contributed by atoms with E-state index >= 15 is 0 Å². The van der Waals surface area contributed by atoms with Gasteiger partial charge in [-0.2, -0.15) is 0 Å². The molecule has 0 aliphatic rings. The summed E-state index contributed by atoms with van der Waals surface area (Å²) in [4.78, 5) is 33.9. The van der Waals surface area contributed by atoms with Crippen molar-refractivity contribution in [1.82, 2.24) is 10.2 Å². The molecule has 0 aliphatic heterocycles. The van der Waals surface area contributed by atoms with E-state index in [9.17, 15) is 14.4 Å². The SMILES string of the molecule is COCCCNC(=O)CN(C)C(=O)CC(=O)O. The van der Waals surface area contributed by atoms with Crippen molar-refractivity contribution in [3.05, 3.63) is 0 Å². The van der Waals surface area contributed by atoms with Crippen molar-refractivity contribution in [1.29, 1.82) is 0 Å². The molecule has 0 radical (unpaired) electrons. The van der Waals surface area contributed by atoms with Gasteiger partial charge in [-0.3, -0.25) is 14.4 Å². The molecule has 0 heterocycles. The molecule has 0 aromatic rings. The third-order valence-corrected chi connectivity index (χ3v) is 1.96. The highest BCUT2D eigenvalue weighted by Crippen LogP contribution is 1.90. The molecule has 0 saturated carbocycles. The zero-order valence-electron chi connectivity index (χ0n) is 10.1. The van der Waals surface area contributed by atoms with Crippen molar-refractivity contribution in [3.63, 3.8) is 0 Å². The first-order valence-corrected chi connectivity index (χ1v) is 5.18. The average molecular weight is 246 g/mol. The predicted molar refractivity (Wildman–Crippen MR) is 59.4 cm³/mol. The third kappa shape index (κ3) is 8.21. The molecule has 98 valence electrons. The lowest BCUT2D eigenvalue weighted by molar-refractivity contribution is -0.145. The molecule has 0 rings (SSSR count). The lowest BCUT2D eigenvalue weighted by Gasteiger charge is -2.15. The quantitative estimate of drug-likeness (QED) is 0.426. The van der Waals surface area contributed by atoms with Crippen molar-refractivity contribution in [3.8, 4) is 0 Å². The molecule has 0 saturated heterocycles. The second-order valence-electron chi connectivity index (χ2n) is 3.52. The summed E-state index contributed by atoms with van der Waals surface area (Å²) >= 11 is 0. The van der Waals surface area contributed by atoms with Crippen LogP contribution in [0.5, 0.6) is 0 Å². The second-order valence-corrected chi connectivity index (χ2v) is 3.52. The molecule has 7 heteroatoms. The highest BCUT2D eigenvalue weighted by atomic mass is 16.5. The van der Waals surface area contributed by atoms with Crippen molar-refractivity contribution >= 4 is 17.8 Å². The first kappa shape index (κ1) is 15.4. The summed E-state index contributed by atoms with van der Waals surface area (Å²) in [5.74, 6) is -2.12. The van der Waals surface area contributed by atoms with Crippen LogP contribution in [0.1, 0.15) is 12.8 Å². The van der Waals surface area contributed by atoms with E-state index in [1.807, 2.05) is 0 Å². The largest absolute Gasteiger partial charge is 0.481 e. The molecule has 2 amide bonds. The van der Waals surface area contributed by atoms with Gasteiger partial charge in [-0.25, -0.2) is 0 Å². The summed E-state index contributed by atoms with van der Waals surface area (Å²) in [6.45, 7) is 0.876. The molecule has 0 spiro atoms. The standard InChI is InChI=1S/C10H18N2O5/c1-12(9(14)6-10(15)16)7-8(13)11-4-3-5-17-2/h3-7H2,1-2H3,(H,11,13)(H,15,16). The van der Waals surface area contributed by atoms with Gasteiger partial charge in [-0.05, 0) is 6.42 Å². The van der Waals surface area contributed by atoms with E-state index in [0.29, 0.717) is 19.6 Å². The second kappa shape index (κ2) is 8.51. The maximum absolute atomic E-state index is 11.3. The van der Waals surface area contributed by atoms with E-state index in [1.54, 1.807) is 7.11 Å². The Morgan fingerprint density at radius 1 is 1.35 bits per heavy atom. The van der Waals surface area contributed by atoms with Crippen LogP contribution in [0.2, 0.25) is 0 Å². The van der Waals surface area contributed by atoms with Crippen molar-refractivity contribution in [2.75, 3.05) is 33.9 Å². The van der Waals surface area contributed by atoms with Crippen LogP contribution >= 0.6 is 0 Å². The molecule has 17 heavy (non-hydrogen) atoms. The number of amides is 2. The number of nitrogens with one attached hydrogen (secondary N) is 1. The van der Waals surface area contributed by atoms with Crippen LogP contribution in [-0.4, -0.2) is 61.6 Å². The number of aliphatic carboxylic acids is 1. The van der Waals surface area contributed by atoms with Gasteiger partial charge in [-0.1, -0.05) is 0 Å². The summed E-state index contributed by atoms with van der Waals surface area (Å²) in [7, 11) is 2.96. The average Bonchev–Trinajstić information content (AvgIpc) is 2.23. The van der Waals surface area contributed by atoms with Gasteiger partial charge in [0.15, 0.2) is 0 Å². The van der Waals surface area contributed by atoms with Crippen molar-refractivity contribution in [2.24, 2.45) is 0 Å². The minimum Gasteiger partial charge on any atom is -0.481 e. The van der Waals surface area contributed by atoms with Crippen LogP contribution in [0.25, 0.3) is 0 Å². The summed E-state index contributed by atoms with van der Waals surface area (Å²) in [5, 5.41) is 11.0. The molecule has 0 aliphatic carbocycles. The van der Waals surface area contributed by atoms with Crippen LogP contribution in [-0.2, 0) is 19.1 Å². The zero-order valence-corrected chi connectivity index (χ0v) is 10.1. The molecule has 0 aromatic heterocycles. The van der Waals surface area contributed by atoms with Crippen LogP contribution in [0.3, 0.4) is 0 Å². The summed E-state index contributed by atoms with van der Waals surface area (Å²) in [6.07, 6.45) is 0.0858. The molecule has 0 atom stereocenters. The predicted octanol–water partition coefficient (Wildman–Crippen LogP) is -0.928. The van der Waals surface area contributed by atoms with Crippen LogP contribution in [0, 0.1) is 0 Å². The van der Waals surface area contributed by atoms with E-state index in [0.717, 1.165) is 4.90 Å². The Balaban J connectivity index is 3.79. The van der Waals surface area contributed by atoms with E-state index in [4.69, 9.17) is 9.84 Å². The molecule has 0 aromatic carbocycles. The number of hydrogen-bond donors (Lipinski definition) is 2. The van der Waals surface area contributed by atoms with Gasteiger partial charge in [-0.15, -0.1) is 0 Å². The lowest BCUT2D eigenvalue weighted by Crippen LogP contribution is -2.39. The number of ether oxygens (including phenoxy) is 1. The maximum atomic E-state index is 11.3. The van der Waals surface area contributed by atoms with E-state index in [1.165, 1.54) is 7.05 Å². The van der Waals surface area contributed by atoms with Gasteiger partial charge >= 0.3 is 5.97 Å². The van der Waals surface area contributed by atoms with E-state index in [-0.39, 0.29) is 12.5 Å². The number of nitrogens with zero attached hydrogens (tertiary/aromatic N) is 1. The van der Waals surface area contributed by atoms with Crippen LogP contribution < -0.4 is 5.32 Å². The van der Waals surface area contributed by atoms with Gasteiger partial charge in [0, 0.05) is 27.3 Å².